The van der Waals surface area contributed by atoms with Gasteiger partial charge in [0.15, 0.2) is 0 Å². The van der Waals surface area contributed by atoms with Gasteiger partial charge in [0.25, 0.3) is 10.1 Å². The van der Waals surface area contributed by atoms with Crippen molar-refractivity contribution < 1.29 is 27.2 Å². The number of hydrogen-bond acceptors (Lipinski definition) is 6. The van der Waals surface area contributed by atoms with Gasteiger partial charge >= 0.3 is 0 Å². The van der Waals surface area contributed by atoms with Gasteiger partial charge in [-0.3, -0.25) is 4.18 Å². The Morgan fingerprint density at radius 1 is 1.19 bits per heavy atom. The van der Waals surface area contributed by atoms with Gasteiger partial charge in [-0.05, 0) is 6.42 Å². The predicted molar refractivity (Wildman–Crippen MR) is 56.6 cm³/mol. The molecule has 0 radical (unpaired) electrons. The van der Waals surface area contributed by atoms with Crippen LogP contribution in [0.2, 0.25) is 0 Å². The molecule has 2 heterocycles. The average molecular weight is 254 g/mol. The second-order valence-electron chi connectivity index (χ2n) is 3.80. The molecular formula is C9H18O6S. The number of aliphatic hydroxyl groups is 1. The third-order valence-electron chi connectivity index (χ3n) is 2.10. The second-order valence-corrected chi connectivity index (χ2v) is 5.40. The molecule has 2 rings (SSSR count). The topological polar surface area (TPSA) is 82.1 Å². The van der Waals surface area contributed by atoms with Crippen molar-refractivity contribution in [2.24, 2.45) is 0 Å². The fraction of sp³-hybridized carbons (Fsp3) is 1.00. The van der Waals surface area contributed by atoms with Crippen molar-refractivity contribution in [3.63, 3.8) is 0 Å². The third-order valence-corrected chi connectivity index (χ3v) is 2.73. The lowest BCUT2D eigenvalue weighted by Crippen LogP contribution is -2.16. The van der Waals surface area contributed by atoms with Crippen molar-refractivity contribution in [2.45, 2.75) is 25.0 Å². The number of ether oxygens (including phenoxy) is 2. The van der Waals surface area contributed by atoms with E-state index in [1.165, 1.54) is 0 Å². The fourth-order valence-electron chi connectivity index (χ4n) is 1.36. The lowest BCUT2D eigenvalue weighted by atomic mass is 10.3. The molecule has 0 bridgehead atoms. The Hall–Kier alpha value is -0.210. The van der Waals surface area contributed by atoms with Crippen LogP contribution in [-0.2, 0) is 23.8 Å². The van der Waals surface area contributed by atoms with E-state index >= 15 is 0 Å². The highest BCUT2D eigenvalue weighted by Gasteiger charge is 2.20. The van der Waals surface area contributed by atoms with Gasteiger partial charge in [-0.1, -0.05) is 0 Å². The Balaban J connectivity index is 0.000000181. The van der Waals surface area contributed by atoms with Gasteiger partial charge in [0.2, 0.25) is 0 Å². The standard InChI is InChI=1S/C5H10O4S.C4H8O2/c1-10(6,7)9-5-2-3-8-4-5;5-4-1-2-6-3-4/h5H,2-4H2,1H3;4-5H,1-3H2/t5-;4-/m11/s1. The van der Waals surface area contributed by atoms with Gasteiger partial charge in [-0.25, -0.2) is 0 Å². The Bertz CT molecular complexity index is 276. The molecule has 2 aliphatic heterocycles. The Morgan fingerprint density at radius 2 is 1.81 bits per heavy atom. The van der Waals surface area contributed by atoms with E-state index in [4.69, 9.17) is 14.6 Å². The zero-order valence-corrected chi connectivity index (χ0v) is 10.1. The fourth-order valence-corrected chi connectivity index (χ4v) is 2.00. The van der Waals surface area contributed by atoms with Gasteiger partial charge in [-0.2, -0.15) is 8.42 Å². The maximum absolute atomic E-state index is 10.5. The summed E-state index contributed by atoms with van der Waals surface area (Å²) in [6.45, 7) is 2.27. The first kappa shape index (κ1) is 13.9. The van der Waals surface area contributed by atoms with E-state index in [9.17, 15) is 8.42 Å². The van der Waals surface area contributed by atoms with Gasteiger partial charge in [0, 0.05) is 19.6 Å². The van der Waals surface area contributed by atoms with Crippen LogP contribution in [0.15, 0.2) is 0 Å². The number of rotatable bonds is 2. The summed E-state index contributed by atoms with van der Waals surface area (Å²) in [5, 5.41) is 8.60. The monoisotopic (exact) mass is 254 g/mol. The summed E-state index contributed by atoms with van der Waals surface area (Å²) >= 11 is 0. The molecule has 0 unspecified atom stereocenters. The van der Waals surface area contributed by atoms with Crippen molar-refractivity contribution in [1.82, 2.24) is 0 Å². The quantitative estimate of drug-likeness (QED) is 0.670. The van der Waals surface area contributed by atoms with E-state index < -0.39 is 10.1 Å². The summed E-state index contributed by atoms with van der Waals surface area (Å²) in [7, 11) is -3.29. The Kier molecular flexibility index (Phi) is 5.63. The number of aliphatic hydroxyl groups excluding tert-OH is 1. The lowest BCUT2D eigenvalue weighted by molar-refractivity contribution is 0.127. The van der Waals surface area contributed by atoms with Crippen LogP contribution in [0.25, 0.3) is 0 Å². The largest absolute Gasteiger partial charge is 0.391 e. The Labute approximate surface area is 95.6 Å². The smallest absolute Gasteiger partial charge is 0.264 e. The first-order valence-electron chi connectivity index (χ1n) is 5.19. The lowest BCUT2D eigenvalue weighted by Gasteiger charge is -2.04. The molecule has 2 atom stereocenters. The van der Waals surface area contributed by atoms with Crippen LogP contribution >= 0.6 is 0 Å². The van der Waals surface area contributed by atoms with Crippen molar-refractivity contribution in [3.8, 4) is 0 Å². The van der Waals surface area contributed by atoms with Crippen molar-refractivity contribution in [2.75, 3.05) is 32.7 Å². The molecule has 16 heavy (non-hydrogen) atoms. The normalized spacial score (nSPS) is 29.9. The summed E-state index contributed by atoms with van der Waals surface area (Å²) < 4.78 is 35.4. The molecule has 2 aliphatic rings. The second kappa shape index (κ2) is 6.51. The summed E-state index contributed by atoms with van der Waals surface area (Å²) in [6, 6.07) is 0. The molecule has 96 valence electrons. The summed E-state index contributed by atoms with van der Waals surface area (Å²) in [4.78, 5) is 0. The zero-order valence-electron chi connectivity index (χ0n) is 9.29. The van der Waals surface area contributed by atoms with Crippen molar-refractivity contribution in [3.05, 3.63) is 0 Å². The minimum Gasteiger partial charge on any atom is -0.391 e. The van der Waals surface area contributed by atoms with E-state index in [0.29, 0.717) is 26.2 Å². The van der Waals surface area contributed by atoms with Crippen LogP contribution in [0.5, 0.6) is 0 Å². The van der Waals surface area contributed by atoms with Gasteiger partial charge < -0.3 is 14.6 Å². The highest BCUT2D eigenvalue weighted by atomic mass is 32.2. The van der Waals surface area contributed by atoms with E-state index in [2.05, 4.69) is 4.18 Å². The highest BCUT2D eigenvalue weighted by Crippen LogP contribution is 2.09. The van der Waals surface area contributed by atoms with E-state index in [-0.39, 0.29) is 12.2 Å². The van der Waals surface area contributed by atoms with Crippen LogP contribution in [0.4, 0.5) is 0 Å². The minimum atomic E-state index is -3.29. The highest BCUT2D eigenvalue weighted by molar-refractivity contribution is 7.86. The summed E-state index contributed by atoms with van der Waals surface area (Å²) in [6.07, 6.45) is 2.11. The molecule has 0 amide bonds. The van der Waals surface area contributed by atoms with Crippen LogP contribution < -0.4 is 0 Å². The van der Waals surface area contributed by atoms with Crippen molar-refractivity contribution in [1.29, 1.82) is 0 Å². The zero-order chi connectivity index (χ0) is 12.0. The predicted octanol–water partition coefficient (Wildman–Crippen LogP) is -0.481. The molecule has 2 fully saturated rings. The van der Waals surface area contributed by atoms with Gasteiger partial charge in [-0.15, -0.1) is 0 Å². The molecule has 0 aromatic heterocycles. The molecule has 2 saturated heterocycles. The van der Waals surface area contributed by atoms with Crippen molar-refractivity contribution >= 4 is 10.1 Å². The Morgan fingerprint density at radius 3 is 2.12 bits per heavy atom. The molecule has 1 N–H and O–H groups in total. The van der Waals surface area contributed by atoms with Crippen LogP contribution in [0.3, 0.4) is 0 Å². The molecule has 0 aliphatic carbocycles. The van der Waals surface area contributed by atoms with E-state index in [0.717, 1.165) is 19.3 Å². The third kappa shape index (κ3) is 6.39. The van der Waals surface area contributed by atoms with Crippen LogP contribution in [-0.4, -0.2) is 58.4 Å². The van der Waals surface area contributed by atoms with Crippen LogP contribution in [0, 0.1) is 0 Å². The van der Waals surface area contributed by atoms with E-state index in [1.807, 2.05) is 0 Å². The summed E-state index contributed by atoms with van der Waals surface area (Å²) in [5.74, 6) is 0. The molecular weight excluding hydrogens is 236 g/mol. The molecule has 0 aromatic carbocycles. The molecule has 6 nitrogen and oxygen atoms in total. The molecule has 7 heteroatoms. The SMILES string of the molecule is CS(=O)(=O)O[C@@H]1CCOC1.O[C@@H]1CCOC1. The van der Waals surface area contributed by atoms with Gasteiger partial charge in [0.05, 0.1) is 25.6 Å². The minimum absolute atomic E-state index is 0.176. The molecule has 0 spiro atoms. The first-order chi connectivity index (χ1) is 7.47. The molecule has 0 aromatic rings. The average Bonchev–Trinajstić information content (AvgIpc) is 2.76. The first-order valence-corrected chi connectivity index (χ1v) is 7.01. The summed E-state index contributed by atoms with van der Waals surface area (Å²) in [5.41, 5.74) is 0. The maximum Gasteiger partial charge on any atom is 0.264 e. The maximum atomic E-state index is 10.5. The van der Waals surface area contributed by atoms with Crippen LogP contribution in [0.1, 0.15) is 12.8 Å². The van der Waals surface area contributed by atoms with Gasteiger partial charge in [0.1, 0.15) is 6.10 Å². The van der Waals surface area contributed by atoms with E-state index in [1.54, 1.807) is 0 Å². The molecule has 0 saturated carbocycles. The number of hydrogen-bond donors (Lipinski definition) is 1.